The Morgan fingerprint density at radius 1 is 1.29 bits per heavy atom. The maximum absolute atomic E-state index is 11.6. The number of nitrogens with zero attached hydrogens (tertiary/aromatic N) is 1. The fraction of sp³-hybridized carbons (Fsp3) is 0.200. The molecule has 0 aliphatic carbocycles. The molecule has 0 unspecified atom stereocenters. The minimum atomic E-state index is -0.660. The van der Waals surface area contributed by atoms with Crippen LogP contribution >= 0.6 is 0 Å². The Kier molecular flexibility index (Phi) is 3.98. The second kappa shape index (κ2) is 5.70. The standard InChI is InChI=1S/C15H15NO5/c1-8-12(15(19)21-3)14(18)10(16-8)7-9-5-4-6-11(20-2)13(9)17/h4-7,17-18H,1-3H3. The van der Waals surface area contributed by atoms with Crippen molar-refractivity contribution in [2.45, 2.75) is 6.92 Å². The Morgan fingerprint density at radius 3 is 2.62 bits per heavy atom. The van der Waals surface area contributed by atoms with Gasteiger partial charge in [-0.3, -0.25) is 0 Å². The number of ether oxygens (including phenoxy) is 2. The quantitative estimate of drug-likeness (QED) is 0.833. The van der Waals surface area contributed by atoms with Gasteiger partial charge in [-0.25, -0.2) is 9.79 Å². The van der Waals surface area contributed by atoms with Gasteiger partial charge in [-0.05, 0) is 19.1 Å². The number of carbonyl (C=O) groups is 1. The Hall–Kier alpha value is -2.76. The van der Waals surface area contributed by atoms with E-state index in [9.17, 15) is 15.0 Å². The fourth-order valence-corrected chi connectivity index (χ4v) is 2.00. The van der Waals surface area contributed by atoms with E-state index in [1.807, 2.05) is 0 Å². The predicted octanol–water partition coefficient (Wildman–Crippen LogP) is 2.20. The number of methoxy groups -OCH3 is 2. The molecule has 0 bridgehead atoms. The maximum Gasteiger partial charge on any atom is 0.343 e. The molecule has 0 fully saturated rings. The number of esters is 1. The normalized spacial score (nSPS) is 16.1. The number of carbonyl (C=O) groups excluding carboxylic acids is 1. The van der Waals surface area contributed by atoms with Crippen molar-refractivity contribution in [3.05, 3.63) is 40.8 Å². The summed E-state index contributed by atoms with van der Waals surface area (Å²) in [6.45, 7) is 1.59. The first-order valence-corrected chi connectivity index (χ1v) is 6.14. The third-order valence-electron chi connectivity index (χ3n) is 3.06. The molecule has 21 heavy (non-hydrogen) atoms. The summed E-state index contributed by atoms with van der Waals surface area (Å²) < 4.78 is 9.61. The van der Waals surface area contributed by atoms with Crippen molar-refractivity contribution >= 4 is 17.8 Å². The number of phenolic OH excluding ortho intramolecular Hbond substituents is 1. The largest absolute Gasteiger partial charge is 0.505 e. The van der Waals surface area contributed by atoms with Crippen LogP contribution in [0.1, 0.15) is 12.5 Å². The van der Waals surface area contributed by atoms with E-state index in [1.165, 1.54) is 20.3 Å². The topological polar surface area (TPSA) is 88.4 Å². The summed E-state index contributed by atoms with van der Waals surface area (Å²) in [6.07, 6.45) is 1.46. The molecule has 110 valence electrons. The zero-order valence-electron chi connectivity index (χ0n) is 11.9. The summed E-state index contributed by atoms with van der Waals surface area (Å²) in [7, 11) is 2.67. The van der Waals surface area contributed by atoms with E-state index < -0.39 is 5.97 Å². The van der Waals surface area contributed by atoms with Crippen LogP contribution in [0.5, 0.6) is 11.5 Å². The van der Waals surface area contributed by atoms with E-state index in [0.29, 0.717) is 17.0 Å². The molecule has 0 aromatic heterocycles. The summed E-state index contributed by atoms with van der Waals surface area (Å²) in [5.74, 6) is -0.701. The first-order valence-electron chi connectivity index (χ1n) is 6.14. The van der Waals surface area contributed by atoms with Crippen LogP contribution in [-0.2, 0) is 9.53 Å². The highest BCUT2D eigenvalue weighted by atomic mass is 16.5. The van der Waals surface area contributed by atoms with Gasteiger partial charge in [-0.1, -0.05) is 12.1 Å². The van der Waals surface area contributed by atoms with Crippen molar-refractivity contribution in [3.63, 3.8) is 0 Å². The lowest BCUT2D eigenvalue weighted by Gasteiger charge is -2.06. The van der Waals surface area contributed by atoms with Crippen LogP contribution in [0.3, 0.4) is 0 Å². The molecule has 2 N–H and O–H groups in total. The number of phenols is 1. The molecular formula is C15H15NO5. The molecule has 0 saturated heterocycles. The second-order valence-electron chi connectivity index (χ2n) is 4.34. The van der Waals surface area contributed by atoms with Gasteiger partial charge in [-0.2, -0.15) is 0 Å². The van der Waals surface area contributed by atoms with Gasteiger partial charge in [0, 0.05) is 5.56 Å². The van der Waals surface area contributed by atoms with Gasteiger partial charge in [0.2, 0.25) is 0 Å². The molecule has 6 nitrogen and oxygen atoms in total. The van der Waals surface area contributed by atoms with Crippen LogP contribution < -0.4 is 4.74 Å². The van der Waals surface area contributed by atoms with Crippen molar-refractivity contribution < 1.29 is 24.5 Å². The Labute approximate surface area is 121 Å². The van der Waals surface area contributed by atoms with Crippen molar-refractivity contribution in [2.75, 3.05) is 14.2 Å². The van der Waals surface area contributed by atoms with Crippen molar-refractivity contribution in [3.8, 4) is 11.5 Å². The van der Waals surface area contributed by atoms with Crippen LogP contribution in [0.2, 0.25) is 0 Å². The molecule has 1 aromatic carbocycles. The van der Waals surface area contributed by atoms with Gasteiger partial charge < -0.3 is 19.7 Å². The number of aromatic hydroxyl groups is 1. The van der Waals surface area contributed by atoms with Crippen LogP contribution in [0.25, 0.3) is 6.08 Å². The SMILES string of the molecule is COC(=O)C1=C(O)C(=Cc2cccc(OC)c2O)N=C1C. The minimum Gasteiger partial charge on any atom is -0.505 e. The molecule has 1 aliphatic rings. The number of aliphatic imine (C=N–C) groups is 1. The maximum atomic E-state index is 11.6. The van der Waals surface area contributed by atoms with Gasteiger partial charge in [0.05, 0.1) is 19.9 Å². The van der Waals surface area contributed by atoms with E-state index in [0.717, 1.165) is 0 Å². The number of para-hydroxylation sites is 1. The average molecular weight is 289 g/mol. The summed E-state index contributed by atoms with van der Waals surface area (Å²) in [6, 6.07) is 4.94. The molecule has 2 rings (SSSR count). The van der Waals surface area contributed by atoms with E-state index >= 15 is 0 Å². The van der Waals surface area contributed by atoms with E-state index in [4.69, 9.17) is 4.74 Å². The van der Waals surface area contributed by atoms with E-state index in [1.54, 1.807) is 25.1 Å². The monoisotopic (exact) mass is 289 g/mol. The van der Waals surface area contributed by atoms with Crippen LogP contribution in [0.15, 0.2) is 40.2 Å². The Balaban J connectivity index is 2.49. The lowest BCUT2D eigenvalue weighted by atomic mass is 10.1. The molecule has 0 amide bonds. The first-order chi connectivity index (χ1) is 9.99. The van der Waals surface area contributed by atoms with Crippen LogP contribution in [-0.4, -0.2) is 36.1 Å². The average Bonchev–Trinajstić information content (AvgIpc) is 2.75. The molecule has 1 aromatic rings. The zero-order chi connectivity index (χ0) is 15.6. The Morgan fingerprint density at radius 2 is 2.00 bits per heavy atom. The van der Waals surface area contributed by atoms with Gasteiger partial charge in [0.15, 0.2) is 17.3 Å². The van der Waals surface area contributed by atoms with Gasteiger partial charge >= 0.3 is 5.97 Å². The summed E-state index contributed by atoms with van der Waals surface area (Å²) in [5.41, 5.74) is 0.967. The highest BCUT2D eigenvalue weighted by Gasteiger charge is 2.27. The number of benzene rings is 1. The minimum absolute atomic E-state index is 0.0196. The van der Waals surface area contributed by atoms with Crippen molar-refractivity contribution in [2.24, 2.45) is 4.99 Å². The lowest BCUT2D eigenvalue weighted by Crippen LogP contribution is -2.11. The molecule has 6 heteroatoms. The summed E-state index contributed by atoms with van der Waals surface area (Å²) in [4.78, 5) is 15.7. The van der Waals surface area contributed by atoms with Crippen molar-refractivity contribution in [1.29, 1.82) is 0 Å². The van der Waals surface area contributed by atoms with E-state index in [2.05, 4.69) is 9.73 Å². The highest BCUT2D eigenvalue weighted by molar-refractivity contribution is 6.22. The summed E-state index contributed by atoms with van der Waals surface area (Å²) in [5, 5.41) is 20.1. The zero-order valence-corrected chi connectivity index (χ0v) is 11.9. The molecule has 1 aliphatic heterocycles. The molecule has 0 saturated carbocycles. The first kappa shape index (κ1) is 14.6. The number of rotatable bonds is 3. The third-order valence-corrected chi connectivity index (χ3v) is 3.06. The number of hydrogen-bond donors (Lipinski definition) is 2. The molecule has 0 spiro atoms. The van der Waals surface area contributed by atoms with Gasteiger partial charge in [-0.15, -0.1) is 0 Å². The van der Waals surface area contributed by atoms with Crippen molar-refractivity contribution in [1.82, 2.24) is 0 Å². The third kappa shape index (κ3) is 2.60. The van der Waals surface area contributed by atoms with Gasteiger partial charge in [0.25, 0.3) is 0 Å². The predicted molar refractivity (Wildman–Crippen MR) is 77.4 cm³/mol. The number of aliphatic hydroxyl groups is 1. The van der Waals surface area contributed by atoms with Gasteiger partial charge in [0.1, 0.15) is 11.3 Å². The molecule has 1 heterocycles. The fourth-order valence-electron chi connectivity index (χ4n) is 2.00. The number of hydrogen-bond acceptors (Lipinski definition) is 6. The van der Waals surface area contributed by atoms with Crippen LogP contribution in [0.4, 0.5) is 0 Å². The smallest absolute Gasteiger partial charge is 0.343 e. The molecule has 0 radical (unpaired) electrons. The Bertz CT molecular complexity index is 685. The summed E-state index contributed by atoms with van der Waals surface area (Å²) >= 11 is 0. The van der Waals surface area contributed by atoms with Crippen LogP contribution in [0, 0.1) is 0 Å². The molecule has 0 atom stereocenters. The molecular weight excluding hydrogens is 274 g/mol. The number of aliphatic hydroxyl groups excluding tert-OH is 1. The van der Waals surface area contributed by atoms with E-state index in [-0.39, 0.29) is 22.8 Å². The second-order valence-corrected chi connectivity index (χ2v) is 4.34. The highest BCUT2D eigenvalue weighted by Crippen LogP contribution is 2.33. The lowest BCUT2D eigenvalue weighted by molar-refractivity contribution is -0.135.